The molecule has 0 aromatic rings. The third-order valence-electron chi connectivity index (χ3n) is 1.78. The van der Waals surface area contributed by atoms with Crippen molar-refractivity contribution in [2.75, 3.05) is 18.1 Å². The van der Waals surface area contributed by atoms with Crippen LogP contribution in [0.25, 0.3) is 0 Å². The highest BCUT2D eigenvalue weighted by Gasteiger charge is 2.15. The lowest BCUT2D eigenvalue weighted by Gasteiger charge is -2.20. The first-order valence-corrected chi connectivity index (χ1v) is 6.80. The van der Waals surface area contributed by atoms with Crippen molar-refractivity contribution in [3.05, 3.63) is 0 Å². The van der Waals surface area contributed by atoms with Crippen LogP contribution < -0.4 is 16.4 Å². The van der Waals surface area contributed by atoms with Crippen molar-refractivity contribution < 1.29 is 9.59 Å². The Labute approximate surface area is 107 Å². The van der Waals surface area contributed by atoms with Crippen molar-refractivity contribution in [3.8, 4) is 0 Å². The summed E-state index contributed by atoms with van der Waals surface area (Å²) in [6.07, 6.45) is 0. The second-order valence-corrected chi connectivity index (χ2v) is 6.14. The van der Waals surface area contributed by atoms with Gasteiger partial charge in [-0.1, -0.05) is 6.92 Å². The van der Waals surface area contributed by atoms with Gasteiger partial charge in [-0.15, -0.1) is 0 Å². The van der Waals surface area contributed by atoms with E-state index >= 15 is 0 Å². The molecule has 0 rings (SSSR count). The van der Waals surface area contributed by atoms with Crippen LogP contribution in [0.1, 0.15) is 27.7 Å². The molecule has 0 saturated heterocycles. The van der Waals surface area contributed by atoms with E-state index in [0.717, 1.165) is 5.75 Å². The molecule has 0 bridgehead atoms. The Bertz CT molecular complexity index is 264. The quantitative estimate of drug-likeness (QED) is 0.687. The first-order chi connectivity index (χ1) is 7.74. The Hall–Kier alpha value is -0.750. The fourth-order valence-corrected chi connectivity index (χ4v) is 1.87. The topological polar surface area (TPSA) is 84.2 Å². The normalized spacial score (nSPS) is 13.0. The van der Waals surface area contributed by atoms with Crippen LogP contribution in [0, 0.1) is 5.92 Å². The van der Waals surface area contributed by atoms with E-state index in [9.17, 15) is 9.59 Å². The van der Waals surface area contributed by atoms with Crippen molar-refractivity contribution in [1.82, 2.24) is 10.6 Å². The monoisotopic (exact) mass is 261 g/mol. The van der Waals surface area contributed by atoms with Gasteiger partial charge in [-0.25, -0.2) is 4.79 Å². The highest BCUT2D eigenvalue weighted by Crippen LogP contribution is 2.06. The molecule has 0 aliphatic rings. The highest BCUT2D eigenvalue weighted by molar-refractivity contribution is 7.99. The van der Waals surface area contributed by atoms with Gasteiger partial charge in [0.1, 0.15) is 0 Å². The average Bonchev–Trinajstić information content (AvgIpc) is 2.13. The van der Waals surface area contributed by atoms with Gasteiger partial charge in [-0.05, 0) is 39.0 Å². The molecule has 0 radical (unpaired) electrons. The van der Waals surface area contributed by atoms with Gasteiger partial charge in [0.2, 0.25) is 5.91 Å². The fourth-order valence-electron chi connectivity index (χ4n) is 0.955. The zero-order valence-electron chi connectivity index (χ0n) is 11.0. The second-order valence-electron chi connectivity index (χ2n) is 5.11. The van der Waals surface area contributed by atoms with Gasteiger partial charge in [0.25, 0.3) is 0 Å². The molecule has 1 unspecified atom stereocenters. The Balaban J connectivity index is 3.76. The summed E-state index contributed by atoms with van der Waals surface area (Å²) in [6.45, 7) is 8.20. The Morgan fingerprint density at radius 1 is 1.35 bits per heavy atom. The third kappa shape index (κ3) is 10.1. The standard InChI is InChI=1S/C11H23N3O2S/c1-8(5-12)6-17-7-9(15)13-10(16)14-11(2,3)4/h8H,5-7,12H2,1-4H3,(H2,13,14,15,16). The number of nitrogens with one attached hydrogen (secondary N) is 2. The summed E-state index contributed by atoms with van der Waals surface area (Å²) in [5.41, 5.74) is 5.12. The minimum absolute atomic E-state index is 0.277. The molecule has 0 spiro atoms. The number of thioether (sulfide) groups is 1. The van der Waals surface area contributed by atoms with Crippen LogP contribution in [-0.4, -0.2) is 35.5 Å². The average molecular weight is 261 g/mol. The van der Waals surface area contributed by atoms with Gasteiger partial charge in [0.15, 0.2) is 0 Å². The van der Waals surface area contributed by atoms with Crippen molar-refractivity contribution in [3.63, 3.8) is 0 Å². The number of carbonyl (C=O) groups excluding carboxylic acids is 2. The van der Waals surface area contributed by atoms with E-state index in [-0.39, 0.29) is 17.2 Å². The van der Waals surface area contributed by atoms with Gasteiger partial charge in [-0.3, -0.25) is 10.1 Å². The number of imide groups is 1. The lowest BCUT2D eigenvalue weighted by atomic mass is 10.1. The largest absolute Gasteiger partial charge is 0.333 e. The fraction of sp³-hybridized carbons (Fsp3) is 0.818. The molecule has 4 N–H and O–H groups in total. The molecular weight excluding hydrogens is 238 g/mol. The maximum atomic E-state index is 11.4. The van der Waals surface area contributed by atoms with Crippen molar-refractivity contribution in [2.24, 2.45) is 11.7 Å². The molecule has 0 aliphatic carbocycles. The lowest BCUT2D eigenvalue weighted by Crippen LogP contribution is -2.48. The molecule has 5 nitrogen and oxygen atoms in total. The van der Waals surface area contributed by atoms with Crippen LogP contribution in [0.5, 0.6) is 0 Å². The molecular formula is C11H23N3O2S. The molecule has 6 heteroatoms. The molecule has 0 aromatic carbocycles. The van der Waals surface area contributed by atoms with Crippen LogP contribution in [-0.2, 0) is 4.79 Å². The van der Waals surface area contributed by atoms with Gasteiger partial charge in [-0.2, -0.15) is 11.8 Å². The van der Waals surface area contributed by atoms with E-state index in [2.05, 4.69) is 10.6 Å². The maximum Gasteiger partial charge on any atom is 0.321 e. The summed E-state index contributed by atoms with van der Waals surface area (Å²) in [6, 6.07) is -0.449. The predicted octanol–water partition coefficient (Wildman–Crippen LogP) is 0.939. The number of nitrogens with two attached hydrogens (primary N) is 1. The number of amides is 3. The summed E-state index contributed by atoms with van der Waals surface area (Å²) in [5.74, 6) is 1.21. The Morgan fingerprint density at radius 3 is 2.41 bits per heavy atom. The molecule has 3 amide bonds. The van der Waals surface area contributed by atoms with E-state index in [1.807, 2.05) is 27.7 Å². The first kappa shape index (κ1) is 16.2. The van der Waals surface area contributed by atoms with E-state index in [1.165, 1.54) is 11.8 Å². The SMILES string of the molecule is CC(CN)CSCC(=O)NC(=O)NC(C)(C)C. The molecule has 0 aliphatic heterocycles. The highest BCUT2D eigenvalue weighted by atomic mass is 32.2. The Morgan fingerprint density at radius 2 is 1.94 bits per heavy atom. The van der Waals surface area contributed by atoms with Crippen LogP contribution in [0.4, 0.5) is 4.79 Å². The predicted molar refractivity (Wildman–Crippen MR) is 72.0 cm³/mol. The lowest BCUT2D eigenvalue weighted by molar-refractivity contribution is -0.117. The summed E-state index contributed by atoms with van der Waals surface area (Å²) in [7, 11) is 0. The number of hydrogen-bond donors (Lipinski definition) is 3. The minimum Gasteiger partial charge on any atom is -0.333 e. The molecule has 100 valence electrons. The van der Waals surface area contributed by atoms with Crippen LogP contribution >= 0.6 is 11.8 Å². The minimum atomic E-state index is -0.449. The number of carbonyl (C=O) groups is 2. The molecule has 0 heterocycles. The molecule has 1 atom stereocenters. The van der Waals surface area contributed by atoms with E-state index in [1.54, 1.807) is 0 Å². The summed E-state index contributed by atoms with van der Waals surface area (Å²) < 4.78 is 0. The van der Waals surface area contributed by atoms with Crippen molar-refractivity contribution in [2.45, 2.75) is 33.2 Å². The van der Waals surface area contributed by atoms with E-state index in [4.69, 9.17) is 5.73 Å². The Kier molecular flexibility index (Phi) is 7.22. The smallest absolute Gasteiger partial charge is 0.321 e. The second kappa shape index (κ2) is 7.55. The molecule has 0 aromatic heterocycles. The molecule has 0 saturated carbocycles. The molecule has 17 heavy (non-hydrogen) atoms. The van der Waals surface area contributed by atoms with Gasteiger partial charge < -0.3 is 11.1 Å². The van der Waals surface area contributed by atoms with Crippen molar-refractivity contribution in [1.29, 1.82) is 0 Å². The summed E-state index contributed by atoms with van der Waals surface area (Å²) in [5, 5.41) is 4.95. The van der Waals surface area contributed by atoms with Crippen LogP contribution in [0.15, 0.2) is 0 Å². The van der Waals surface area contributed by atoms with E-state index in [0.29, 0.717) is 12.5 Å². The van der Waals surface area contributed by atoms with Crippen LogP contribution in [0.3, 0.4) is 0 Å². The molecule has 0 fully saturated rings. The first-order valence-electron chi connectivity index (χ1n) is 5.64. The zero-order chi connectivity index (χ0) is 13.5. The van der Waals surface area contributed by atoms with Crippen molar-refractivity contribution >= 4 is 23.7 Å². The summed E-state index contributed by atoms with van der Waals surface area (Å²) >= 11 is 1.48. The zero-order valence-corrected chi connectivity index (χ0v) is 11.8. The number of rotatable bonds is 5. The number of hydrogen-bond acceptors (Lipinski definition) is 4. The number of urea groups is 1. The van der Waals surface area contributed by atoms with Gasteiger partial charge in [0, 0.05) is 5.54 Å². The van der Waals surface area contributed by atoms with Gasteiger partial charge in [0.05, 0.1) is 5.75 Å². The van der Waals surface area contributed by atoms with Crippen LogP contribution in [0.2, 0.25) is 0 Å². The third-order valence-corrected chi connectivity index (χ3v) is 3.05. The summed E-state index contributed by atoms with van der Waals surface area (Å²) in [4.78, 5) is 22.7. The maximum absolute atomic E-state index is 11.4. The van der Waals surface area contributed by atoms with E-state index < -0.39 is 6.03 Å². The van der Waals surface area contributed by atoms with Gasteiger partial charge >= 0.3 is 6.03 Å².